The van der Waals surface area contributed by atoms with E-state index >= 15 is 0 Å². The smallest absolute Gasteiger partial charge is 0.277 e. The third-order valence-corrected chi connectivity index (χ3v) is 4.28. The van der Waals surface area contributed by atoms with Crippen molar-refractivity contribution in [1.82, 2.24) is 9.44 Å². The largest absolute Gasteiger partial charge is 0.393 e. The van der Waals surface area contributed by atoms with Gasteiger partial charge in [0.25, 0.3) is 10.2 Å². The topological polar surface area (TPSA) is 84.2 Å². The van der Waals surface area contributed by atoms with E-state index in [9.17, 15) is 8.42 Å². The van der Waals surface area contributed by atoms with Crippen LogP contribution in [0.25, 0.3) is 0 Å². The average Bonchev–Trinajstić information content (AvgIpc) is 2.48. The van der Waals surface area contributed by atoms with Crippen molar-refractivity contribution in [2.45, 2.75) is 45.2 Å². The van der Waals surface area contributed by atoms with Crippen molar-refractivity contribution >= 4 is 27.4 Å². The Labute approximate surface area is 102 Å². The van der Waals surface area contributed by atoms with Gasteiger partial charge >= 0.3 is 0 Å². The third kappa shape index (κ3) is 3.97. The molecule has 1 aliphatic rings. The molecule has 1 aliphatic carbocycles. The molecular weight excluding hydrogens is 246 g/mol. The molecule has 0 aromatic rings. The normalized spacial score (nSPS) is 26.2. The second-order valence-corrected chi connectivity index (χ2v) is 6.39. The zero-order valence-electron chi connectivity index (χ0n) is 9.56. The van der Waals surface area contributed by atoms with Gasteiger partial charge in [0.1, 0.15) is 0 Å². The van der Waals surface area contributed by atoms with Gasteiger partial charge in [-0.15, -0.1) is 0 Å². The number of nitrogens with two attached hydrogens (primary N) is 1. The molecule has 16 heavy (non-hydrogen) atoms. The van der Waals surface area contributed by atoms with E-state index in [1.54, 1.807) is 13.8 Å². The summed E-state index contributed by atoms with van der Waals surface area (Å²) in [5.41, 5.74) is 5.58. The molecule has 0 spiro atoms. The van der Waals surface area contributed by atoms with Gasteiger partial charge in [0.05, 0.1) is 4.99 Å². The van der Waals surface area contributed by atoms with E-state index < -0.39 is 10.2 Å². The molecule has 0 saturated heterocycles. The highest BCUT2D eigenvalue weighted by atomic mass is 32.2. The minimum atomic E-state index is -3.45. The van der Waals surface area contributed by atoms with Crippen molar-refractivity contribution in [2.24, 2.45) is 11.7 Å². The summed E-state index contributed by atoms with van der Waals surface area (Å²) >= 11 is 4.93. The van der Waals surface area contributed by atoms with Crippen molar-refractivity contribution in [1.29, 1.82) is 0 Å². The first-order valence-corrected chi connectivity index (χ1v) is 7.30. The van der Waals surface area contributed by atoms with Crippen LogP contribution in [-0.2, 0) is 10.2 Å². The van der Waals surface area contributed by atoms with E-state index in [1.807, 2.05) is 0 Å². The fourth-order valence-electron chi connectivity index (χ4n) is 1.99. The second kappa shape index (κ2) is 5.39. The maximum atomic E-state index is 11.7. The maximum absolute atomic E-state index is 11.7. The molecule has 1 rings (SSSR count). The molecule has 0 amide bonds. The molecule has 2 atom stereocenters. The lowest BCUT2D eigenvalue weighted by atomic mass is 10.1. The van der Waals surface area contributed by atoms with Crippen LogP contribution < -0.4 is 15.2 Å². The van der Waals surface area contributed by atoms with Gasteiger partial charge in [0.2, 0.25) is 0 Å². The van der Waals surface area contributed by atoms with Gasteiger partial charge in [0, 0.05) is 18.0 Å². The predicted molar refractivity (Wildman–Crippen MR) is 68.2 cm³/mol. The number of rotatable bonds is 5. The van der Waals surface area contributed by atoms with Crippen LogP contribution in [0.15, 0.2) is 0 Å². The molecule has 4 N–H and O–H groups in total. The van der Waals surface area contributed by atoms with E-state index in [2.05, 4.69) is 9.44 Å². The van der Waals surface area contributed by atoms with Gasteiger partial charge < -0.3 is 5.73 Å². The molecule has 0 aliphatic heterocycles. The van der Waals surface area contributed by atoms with Crippen LogP contribution in [0.3, 0.4) is 0 Å². The van der Waals surface area contributed by atoms with Crippen LogP contribution in [0.4, 0.5) is 0 Å². The van der Waals surface area contributed by atoms with E-state index in [0.717, 1.165) is 19.3 Å². The van der Waals surface area contributed by atoms with Crippen molar-refractivity contribution in [3.63, 3.8) is 0 Å². The lowest BCUT2D eigenvalue weighted by Crippen LogP contribution is -2.48. The first-order valence-electron chi connectivity index (χ1n) is 5.40. The maximum Gasteiger partial charge on any atom is 0.277 e. The molecule has 94 valence electrons. The van der Waals surface area contributed by atoms with Crippen molar-refractivity contribution in [3.8, 4) is 0 Å². The predicted octanol–water partition coefficient (Wildman–Crippen LogP) is 0.274. The summed E-state index contributed by atoms with van der Waals surface area (Å²) in [5, 5.41) is 0. The van der Waals surface area contributed by atoms with Crippen molar-refractivity contribution < 1.29 is 8.42 Å². The van der Waals surface area contributed by atoms with Crippen LogP contribution >= 0.6 is 12.2 Å². The Hall–Kier alpha value is -0.240. The van der Waals surface area contributed by atoms with Crippen LogP contribution in [0.2, 0.25) is 0 Å². The molecule has 0 radical (unpaired) electrons. The average molecular weight is 265 g/mol. The van der Waals surface area contributed by atoms with Crippen molar-refractivity contribution in [3.05, 3.63) is 0 Å². The SMILES string of the molecule is CC(C)NS(=O)(=O)NC1CCCC1C(N)=S. The molecule has 0 aromatic heterocycles. The lowest BCUT2D eigenvalue weighted by Gasteiger charge is -2.20. The highest BCUT2D eigenvalue weighted by molar-refractivity contribution is 7.87. The van der Waals surface area contributed by atoms with E-state index in [-0.39, 0.29) is 18.0 Å². The number of hydrogen-bond donors (Lipinski definition) is 3. The lowest BCUT2D eigenvalue weighted by molar-refractivity contribution is 0.509. The Morgan fingerprint density at radius 2 is 2.06 bits per heavy atom. The minimum Gasteiger partial charge on any atom is -0.393 e. The molecule has 7 heteroatoms. The molecule has 0 aromatic carbocycles. The highest BCUT2D eigenvalue weighted by Gasteiger charge is 2.32. The van der Waals surface area contributed by atoms with Gasteiger partial charge in [0.15, 0.2) is 0 Å². The Bertz CT molecular complexity index is 354. The fraction of sp³-hybridized carbons (Fsp3) is 0.889. The number of nitrogens with one attached hydrogen (secondary N) is 2. The van der Waals surface area contributed by atoms with Crippen LogP contribution in [0.1, 0.15) is 33.1 Å². The molecule has 0 bridgehead atoms. The van der Waals surface area contributed by atoms with Gasteiger partial charge in [-0.2, -0.15) is 17.9 Å². The highest BCUT2D eigenvalue weighted by Crippen LogP contribution is 2.26. The summed E-state index contributed by atoms with van der Waals surface area (Å²) in [7, 11) is -3.45. The summed E-state index contributed by atoms with van der Waals surface area (Å²) < 4.78 is 28.4. The van der Waals surface area contributed by atoms with E-state index in [1.165, 1.54) is 0 Å². The van der Waals surface area contributed by atoms with Gasteiger partial charge in [-0.1, -0.05) is 18.6 Å². The van der Waals surface area contributed by atoms with E-state index in [0.29, 0.717) is 4.99 Å². The molecule has 5 nitrogen and oxygen atoms in total. The summed E-state index contributed by atoms with van der Waals surface area (Å²) in [6.45, 7) is 3.55. The van der Waals surface area contributed by atoms with Crippen LogP contribution in [0.5, 0.6) is 0 Å². The van der Waals surface area contributed by atoms with Crippen molar-refractivity contribution in [2.75, 3.05) is 0 Å². The summed E-state index contributed by atoms with van der Waals surface area (Å²) in [4.78, 5) is 0.398. The Balaban J connectivity index is 2.63. The monoisotopic (exact) mass is 265 g/mol. The Morgan fingerprint density at radius 3 is 2.56 bits per heavy atom. The molecule has 1 saturated carbocycles. The van der Waals surface area contributed by atoms with Crippen LogP contribution in [0, 0.1) is 5.92 Å². The Kier molecular flexibility index (Phi) is 4.66. The summed E-state index contributed by atoms with van der Waals surface area (Å²) in [6, 6.07) is -0.282. The van der Waals surface area contributed by atoms with Gasteiger partial charge in [-0.05, 0) is 26.7 Å². The quantitative estimate of drug-likeness (QED) is 0.623. The van der Waals surface area contributed by atoms with Crippen LogP contribution in [-0.4, -0.2) is 25.5 Å². The van der Waals surface area contributed by atoms with Gasteiger partial charge in [-0.3, -0.25) is 0 Å². The summed E-state index contributed by atoms with van der Waals surface area (Å²) in [6.07, 6.45) is 2.61. The van der Waals surface area contributed by atoms with E-state index in [4.69, 9.17) is 18.0 Å². The number of hydrogen-bond acceptors (Lipinski definition) is 3. The molecular formula is C9H19N3O2S2. The molecule has 0 heterocycles. The van der Waals surface area contributed by atoms with Gasteiger partial charge in [-0.25, -0.2) is 0 Å². The summed E-state index contributed by atoms with van der Waals surface area (Å²) in [5.74, 6) is -0.0151. The molecule has 1 fully saturated rings. The first-order chi connectivity index (χ1) is 7.32. The third-order valence-electron chi connectivity index (χ3n) is 2.58. The second-order valence-electron chi connectivity index (χ2n) is 4.44. The fourth-order valence-corrected chi connectivity index (χ4v) is 3.64. The molecule has 2 unspecified atom stereocenters. The zero-order valence-corrected chi connectivity index (χ0v) is 11.2. The standard InChI is InChI=1S/C9H19N3O2S2/c1-6(2)11-16(13,14)12-8-5-3-4-7(8)9(10)15/h6-8,11-12H,3-5H2,1-2H3,(H2,10,15). The Morgan fingerprint density at radius 1 is 1.44 bits per heavy atom. The first kappa shape index (κ1) is 13.8. The minimum absolute atomic E-state index is 0.0151. The zero-order chi connectivity index (χ0) is 12.3. The number of thiocarbonyl (C=S) groups is 1.